The lowest BCUT2D eigenvalue weighted by molar-refractivity contribution is -0.384. The summed E-state index contributed by atoms with van der Waals surface area (Å²) in [7, 11) is 0. The van der Waals surface area contributed by atoms with Crippen LogP contribution in [0.1, 0.15) is 5.56 Å². The van der Waals surface area contributed by atoms with Crippen molar-refractivity contribution in [3.05, 3.63) is 51.7 Å². The van der Waals surface area contributed by atoms with Gasteiger partial charge in [-0.2, -0.15) is 0 Å². The van der Waals surface area contributed by atoms with Crippen LogP contribution in [0.25, 0.3) is 10.2 Å². The quantitative estimate of drug-likeness (QED) is 0.468. The zero-order chi connectivity index (χ0) is 20.7. The first-order valence-electron chi connectivity index (χ1n) is 9.83. The van der Waals surface area contributed by atoms with E-state index >= 15 is 0 Å². The molecule has 1 aromatic carbocycles. The van der Waals surface area contributed by atoms with Gasteiger partial charge in [0.2, 0.25) is 5.91 Å². The molecular weight excluding hydrogens is 404 g/mol. The largest absolute Gasteiger partial charge is 0.353 e. The summed E-state index contributed by atoms with van der Waals surface area (Å²) >= 11 is 1.61. The molecule has 4 heterocycles. The molecule has 0 bridgehead atoms. The molecule has 1 fully saturated rings. The Hall–Kier alpha value is -3.11. The highest BCUT2D eigenvalue weighted by atomic mass is 32.1. The van der Waals surface area contributed by atoms with Crippen LogP contribution in [0, 0.1) is 10.1 Å². The second-order valence-corrected chi connectivity index (χ2v) is 8.36. The van der Waals surface area contributed by atoms with E-state index < -0.39 is 4.92 Å². The number of anilines is 2. The highest BCUT2D eigenvalue weighted by molar-refractivity contribution is 7.16. The van der Waals surface area contributed by atoms with Gasteiger partial charge in [-0.1, -0.05) is 0 Å². The molecule has 0 atom stereocenters. The van der Waals surface area contributed by atoms with E-state index in [0.717, 1.165) is 53.5 Å². The summed E-state index contributed by atoms with van der Waals surface area (Å²) in [6.45, 7) is 4.09. The van der Waals surface area contributed by atoms with Crippen LogP contribution in [-0.4, -0.2) is 65.0 Å². The number of thiophene rings is 1. The minimum atomic E-state index is -0.397. The van der Waals surface area contributed by atoms with Crippen molar-refractivity contribution in [1.82, 2.24) is 14.9 Å². The first kappa shape index (κ1) is 18.9. The lowest BCUT2D eigenvalue weighted by atomic mass is 10.1. The van der Waals surface area contributed by atoms with Crippen molar-refractivity contribution in [2.45, 2.75) is 6.42 Å². The minimum absolute atomic E-state index is 0.0401. The van der Waals surface area contributed by atoms with Gasteiger partial charge in [0.05, 0.1) is 16.9 Å². The molecule has 2 aliphatic rings. The molecule has 5 rings (SSSR count). The van der Waals surface area contributed by atoms with Gasteiger partial charge in [0.25, 0.3) is 5.69 Å². The number of piperazine rings is 1. The van der Waals surface area contributed by atoms with Crippen LogP contribution in [0.2, 0.25) is 0 Å². The summed E-state index contributed by atoms with van der Waals surface area (Å²) < 4.78 is 0. The molecule has 9 nitrogen and oxygen atoms in total. The Balaban J connectivity index is 1.22. The summed E-state index contributed by atoms with van der Waals surface area (Å²) in [5.41, 5.74) is 1.74. The van der Waals surface area contributed by atoms with Crippen LogP contribution in [0.15, 0.2) is 36.0 Å². The Morgan fingerprint density at radius 3 is 2.77 bits per heavy atom. The summed E-state index contributed by atoms with van der Waals surface area (Å²) in [5.74, 6) is 1.00. The Morgan fingerprint density at radius 1 is 1.13 bits per heavy atom. The normalized spacial score (nSPS) is 16.8. The number of nitro benzene ring substituents is 1. The second-order valence-electron chi connectivity index (χ2n) is 7.47. The number of nitro groups is 1. The van der Waals surface area contributed by atoms with Crippen LogP contribution in [0.4, 0.5) is 17.2 Å². The van der Waals surface area contributed by atoms with Crippen molar-refractivity contribution in [2.24, 2.45) is 0 Å². The van der Waals surface area contributed by atoms with Crippen LogP contribution in [-0.2, 0) is 11.2 Å². The van der Waals surface area contributed by atoms with Crippen LogP contribution < -0.4 is 9.80 Å². The van der Waals surface area contributed by atoms with Gasteiger partial charge < -0.3 is 9.80 Å². The fraction of sp³-hybridized carbons (Fsp3) is 0.350. The molecule has 0 spiro atoms. The number of nitrogens with zero attached hydrogens (tertiary/aromatic N) is 6. The van der Waals surface area contributed by atoms with Crippen molar-refractivity contribution in [3.63, 3.8) is 0 Å². The highest BCUT2D eigenvalue weighted by Crippen LogP contribution is 2.31. The zero-order valence-electron chi connectivity index (χ0n) is 16.2. The molecule has 30 heavy (non-hydrogen) atoms. The smallest absolute Gasteiger partial charge is 0.269 e. The van der Waals surface area contributed by atoms with Crippen LogP contribution in [0.3, 0.4) is 0 Å². The highest BCUT2D eigenvalue weighted by Gasteiger charge is 2.29. The van der Waals surface area contributed by atoms with E-state index in [9.17, 15) is 14.9 Å². The first-order chi connectivity index (χ1) is 14.6. The summed E-state index contributed by atoms with van der Waals surface area (Å²) in [6, 6.07) is 6.79. The number of aromatic nitrogens is 2. The van der Waals surface area contributed by atoms with Crippen LogP contribution in [0.5, 0.6) is 0 Å². The number of benzene rings is 1. The first-order valence-corrected chi connectivity index (χ1v) is 10.7. The fourth-order valence-corrected chi connectivity index (χ4v) is 4.91. The topological polar surface area (TPSA) is 95.7 Å². The van der Waals surface area contributed by atoms with Gasteiger partial charge in [0, 0.05) is 50.5 Å². The van der Waals surface area contributed by atoms with Gasteiger partial charge in [0.15, 0.2) is 0 Å². The Kier molecular flexibility index (Phi) is 4.80. The van der Waals surface area contributed by atoms with Crippen molar-refractivity contribution in [2.75, 3.05) is 49.1 Å². The molecule has 1 amide bonds. The maximum atomic E-state index is 12.9. The molecule has 0 aliphatic carbocycles. The third-order valence-corrected chi connectivity index (χ3v) is 6.56. The number of carbonyl (C=O) groups is 1. The van der Waals surface area contributed by atoms with Gasteiger partial charge in [-0.05, 0) is 29.5 Å². The number of carbonyl (C=O) groups excluding carboxylic acids is 1. The number of fused-ring (bicyclic) bond motifs is 2. The number of rotatable bonds is 4. The molecule has 3 aromatic rings. The molecule has 2 aromatic heterocycles. The molecule has 0 saturated carbocycles. The zero-order valence-corrected chi connectivity index (χ0v) is 17.0. The lowest BCUT2D eigenvalue weighted by Gasteiger charge is -2.35. The molecule has 10 heteroatoms. The minimum Gasteiger partial charge on any atom is -0.353 e. The van der Waals surface area contributed by atoms with Gasteiger partial charge in [-0.25, -0.2) is 9.97 Å². The molecule has 0 radical (unpaired) electrons. The fourth-order valence-electron chi connectivity index (χ4n) is 4.18. The van der Waals surface area contributed by atoms with Gasteiger partial charge in [-0.15, -0.1) is 11.3 Å². The monoisotopic (exact) mass is 424 g/mol. The van der Waals surface area contributed by atoms with Crippen molar-refractivity contribution >= 4 is 44.7 Å². The average Bonchev–Trinajstić information content (AvgIpc) is 3.40. The SMILES string of the molecule is O=C(CN1CCN(c2ncnc3sccc23)CC1)N1CCc2cc([N+](=O)[O-])ccc21. The maximum Gasteiger partial charge on any atom is 0.269 e. The van der Waals surface area contributed by atoms with Crippen molar-refractivity contribution in [1.29, 1.82) is 0 Å². The Bertz CT molecular complexity index is 1120. The molecule has 0 unspecified atom stereocenters. The standard InChI is InChI=1S/C20H20N6O3S/c27-18(25-5-3-14-11-15(26(28)29)1-2-17(14)25)12-23-6-8-24(9-7-23)19-16-4-10-30-20(16)22-13-21-19/h1-2,4,10-11,13H,3,5-9,12H2. The molecule has 2 aliphatic heterocycles. The molecule has 154 valence electrons. The summed E-state index contributed by atoms with van der Waals surface area (Å²) in [5, 5.41) is 14.1. The number of non-ortho nitro benzene ring substituents is 1. The molecule has 0 N–H and O–H groups in total. The third kappa shape index (κ3) is 3.37. The second kappa shape index (κ2) is 7.62. The Morgan fingerprint density at radius 2 is 1.97 bits per heavy atom. The third-order valence-electron chi connectivity index (χ3n) is 5.74. The summed E-state index contributed by atoms with van der Waals surface area (Å²) in [6.07, 6.45) is 2.26. The van der Waals surface area contributed by atoms with E-state index in [-0.39, 0.29) is 11.6 Å². The van der Waals surface area contributed by atoms with Crippen LogP contribution >= 0.6 is 11.3 Å². The van der Waals surface area contributed by atoms with Gasteiger partial charge in [-0.3, -0.25) is 19.8 Å². The van der Waals surface area contributed by atoms with E-state index in [1.165, 1.54) is 6.07 Å². The maximum absolute atomic E-state index is 12.9. The van der Waals surface area contributed by atoms with E-state index in [4.69, 9.17) is 0 Å². The van der Waals surface area contributed by atoms with Crippen molar-refractivity contribution < 1.29 is 9.72 Å². The lowest BCUT2D eigenvalue weighted by Crippen LogP contribution is -2.50. The molecule has 1 saturated heterocycles. The predicted octanol–water partition coefficient (Wildman–Crippen LogP) is 2.31. The van der Waals surface area contributed by atoms with E-state index in [1.54, 1.807) is 34.7 Å². The van der Waals surface area contributed by atoms with Gasteiger partial charge >= 0.3 is 0 Å². The molecular formula is C20H20N6O3S. The van der Waals surface area contributed by atoms with E-state index in [2.05, 4.69) is 25.8 Å². The average molecular weight is 424 g/mol. The van der Waals surface area contributed by atoms with Crippen molar-refractivity contribution in [3.8, 4) is 0 Å². The number of hydrogen-bond acceptors (Lipinski definition) is 8. The number of amides is 1. The predicted molar refractivity (Wildman–Crippen MR) is 115 cm³/mol. The number of hydrogen-bond donors (Lipinski definition) is 0. The Labute approximate surface area is 176 Å². The summed E-state index contributed by atoms with van der Waals surface area (Å²) in [4.78, 5) is 39.4. The van der Waals surface area contributed by atoms with E-state index in [1.807, 2.05) is 5.38 Å². The van der Waals surface area contributed by atoms with Gasteiger partial charge in [0.1, 0.15) is 17.0 Å². The van der Waals surface area contributed by atoms with E-state index in [0.29, 0.717) is 19.5 Å².